The normalized spacial score (nSPS) is 31.3. The first-order valence-corrected chi connectivity index (χ1v) is 7.91. The number of halogens is 1. The summed E-state index contributed by atoms with van der Waals surface area (Å²) >= 11 is 0. The second-order valence-corrected chi connectivity index (χ2v) is 6.23. The molecule has 3 rings (SSSR count). The lowest BCUT2D eigenvalue weighted by molar-refractivity contribution is -0.0235. The average molecular weight is 312 g/mol. The number of hydrogen-bond donors (Lipinski definition) is 2. The summed E-state index contributed by atoms with van der Waals surface area (Å²) in [4.78, 5) is 0. The lowest BCUT2D eigenvalue weighted by Gasteiger charge is -2.35. The zero-order chi connectivity index (χ0) is 13.9. The van der Waals surface area contributed by atoms with Gasteiger partial charge < -0.3 is 15.2 Å². The summed E-state index contributed by atoms with van der Waals surface area (Å²) < 4.78 is 6.18. The number of ether oxygens (including phenoxy) is 1. The molecule has 4 heteroatoms. The van der Waals surface area contributed by atoms with Crippen LogP contribution in [0.3, 0.4) is 0 Å². The summed E-state index contributed by atoms with van der Waals surface area (Å²) in [5.41, 5.74) is 1.26. The third kappa shape index (κ3) is 3.71. The summed E-state index contributed by atoms with van der Waals surface area (Å²) in [5.74, 6) is 2.26. The molecular weight excluding hydrogens is 286 g/mol. The minimum Gasteiger partial charge on any atom is -0.487 e. The summed E-state index contributed by atoms with van der Waals surface area (Å²) in [6.45, 7) is 4.32. The van der Waals surface area contributed by atoms with Crippen LogP contribution in [-0.2, 0) is 6.42 Å². The Morgan fingerprint density at radius 3 is 2.67 bits per heavy atom. The number of fused-ring (bicyclic) bond motifs is 1. The van der Waals surface area contributed by atoms with Gasteiger partial charge in [0.1, 0.15) is 11.9 Å². The van der Waals surface area contributed by atoms with Crippen LogP contribution in [0.25, 0.3) is 0 Å². The van der Waals surface area contributed by atoms with Crippen LogP contribution in [-0.4, -0.2) is 30.4 Å². The lowest BCUT2D eigenvalue weighted by atomic mass is 9.78. The van der Waals surface area contributed by atoms with E-state index in [0.29, 0.717) is 11.8 Å². The molecule has 21 heavy (non-hydrogen) atoms. The Morgan fingerprint density at radius 1 is 1.19 bits per heavy atom. The highest BCUT2D eigenvalue weighted by Gasteiger charge is 2.39. The van der Waals surface area contributed by atoms with Gasteiger partial charge in [-0.05, 0) is 55.8 Å². The molecule has 1 heterocycles. The highest BCUT2D eigenvalue weighted by Crippen LogP contribution is 2.35. The van der Waals surface area contributed by atoms with Crippen LogP contribution in [0.1, 0.15) is 31.7 Å². The molecule has 2 N–H and O–H groups in total. The van der Waals surface area contributed by atoms with Gasteiger partial charge in [-0.3, -0.25) is 0 Å². The molecule has 1 aliphatic heterocycles. The molecule has 2 fully saturated rings. The van der Waals surface area contributed by atoms with Crippen LogP contribution in [0.5, 0.6) is 5.75 Å². The number of benzene rings is 1. The molecule has 3 nitrogen and oxygen atoms in total. The van der Waals surface area contributed by atoms with Crippen molar-refractivity contribution in [2.45, 2.75) is 44.8 Å². The van der Waals surface area contributed by atoms with E-state index in [1.54, 1.807) is 0 Å². The van der Waals surface area contributed by atoms with E-state index in [-0.39, 0.29) is 24.6 Å². The van der Waals surface area contributed by atoms with Crippen molar-refractivity contribution in [3.05, 3.63) is 29.8 Å². The zero-order valence-electron chi connectivity index (χ0n) is 12.6. The van der Waals surface area contributed by atoms with Gasteiger partial charge in [-0.2, -0.15) is 0 Å². The molecular formula is C17H26ClNO2. The van der Waals surface area contributed by atoms with E-state index in [0.717, 1.165) is 44.5 Å². The van der Waals surface area contributed by atoms with Gasteiger partial charge >= 0.3 is 0 Å². The monoisotopic (exact) mass is 311 g/mol. The van der Waals surface area contributed by atoms with E-state index in [1.807, 2.05) is 12.1 Å². The van der Waals surface area contributed by atoms with Gasteiger partial charge in [0.15, 0.2) is 0 Å². The van der Waals surface area contributed by atoms with Crippen molar-refractivity contribution >= 4 is 12.4 Å². The van der Waals surface area contributed by atoms with Crippen molar-refractivity contribution in [2.75, 3.05) is 13.1 Å². The number of rotatable bonds is 4. The predicted molar refractivity (Wildman–Crippen MR) is 87.2 cm³/mol. The maximum atomic E-state index is 10.3. The Hall–Kier alpha value is -0.770. The Balaban J connectivity index is 0.00000161. The summed E-state index contributed by atoms with van der Waals surface area (Å²) in [6.07, 6.45) is 3.62. The van der Waals surface area contributed by atoms with E-state index >= 15 is 0 Å². The first kappa shape index (κ1) is 16.6. The van der Waals surface area contributed by atoms with Crippen molar-refractivity contribution < 1.29 is 9.84 Å². The topological polar surface area (TPSA) is 41.5 Å². The van der Waals surface area contributed by atoms with Crippen LogP contribution >= 0.6 is 12.4 Å². The number of para-hydroxylation sites is 1. The van der Waals surface area contributed by atoms with Crippen molar-refractivity contribution in [1.29, 1.82) is 0 Å². The van der Waals surface area contributed by atoms with Crippen LogP contribution in [0.2, 0.25) is 0 Å². The Morgan fingerprint density at radius 2 is 1.90 bits per heavy atom. The molecule has 1 saturated heterocycles. The number of aliphatic hydroxyl groups is 1. The molecule has 2 aliphatic rings. The average Bonchev–Trinajstić information content (AvgIpc) is 2.88. The summed E-state index contributed by atoms with van der Waals surface area (Å²) in [5, 5.41) is 13.8. The molecule has 0 radical (unpaired) electrons. The van der Waals surface area contributed by atoms with Crippen LogP contribution in [0, 0.1) is 11.8 Å². The molecule has 4 atom stereocenters. The summed E-state index contributed by atoms with van der Waals surface area (Å²) in [7, 11) is 0. The third-order valence-corrected chi connectivity index (χ3v) is 4.76. The second-order valence-electron chi connectivity index (χ2n) is 6.23. The Bertz CT molecular complexity index is 454. The van der Waals surface area contributed by atoms with E-state index in [1.165, 1.54) is 5.56 Å². The van der Waals surface area contributed by atoms with Gasteiger partial charge in [-0.15, -0.1) is 12.4 Å². The van der Waals surface area contributed by atoms with Crippen LogP contribution < -0.4 is 10.1 Å². The smallest absolute Gasteiger partial charge is 0.125 e. The molecule has 1 aromatic carbocycles. The fourth-order valence-corrected chi connectivity index (χ4v) is 3.64. The lowest BCUT2D eigenvalue weighted by Crippen LogP contribution is -2.42. The van der Waals surface area contributed by atoms with Crippen LogP contribution in [0.15, 0.2) is 24.3 Å². The maximum Gasteiger partial charge on any atom is 0.125 e. The highest BCUT2D eigenvalue weighted by atomic mass is 35.5. The number of nitrogens with one attached hydrogen (secondary N) is 1. The molecule has 1 aliphatic carbocycles. The molecule has 0 amide bonds. The highest BCUT2D eigenvalue weighted by molar-refractivity contribution is 5.85. The minimum absolute atomic E-state index is 0. The number of aryl methyl sites for hydroxylation is 1. The molecule has 0 bridgehead atoms. The third-order valence-electron chi connectivity index (χ3n) is 4.76. The van der Waals surface area contributed by atoms with Crippen LogP contribution in [0.4, 0.5) is 0 Å². The van der Waals surface area contributed by atoms with E-state index in [4.69, 9.17) is 4.74 Å². The van der Waals surface area contributed by atoms with Gasteiger partial charge in [-0.1, -0.05) is 31.5 Å². The standard InChI is InChI=1S/C17H25NO2.ClH/c1-2-5-12-6-3-4-7-16(12)20-17-9-14-11-18-10-13(14)8-15(17)19;/h3-4,6-7,13-15,17-19H,2,5,8-11H2,1H3;1H/t13-,14+,15+,17+;/m0./s1. The first-order chi connectivity index (χ1) is 9.78. The largest absolute Gasteiger partial charge is 0.487 e. The summed E-state index contributed by atoms with van der Waals surface area (Å²) in [6, 6.07) is 8.25. The minimum atomic E-state index is -0.328. The van der Waals surface area contributed by atoms with Crippen molar-refractivity contribution in [3.8, 4) is 5.75 Å². The fourth-order valence-electron chi connectivity index (χ4n) is 3.64. The van der Waals surface area contributed by atoms with E-state index in [2.05, 4.69) is 24.4 Å². The predicted octanol–water partition coefficient (Wildman–Crippen LogP) is 2.80. The van der Waals surface area contributed by atoms with Gasteiger partial charge in [0, 0.05) is 0 Å². The first-order valence-electron chi connectivity index (χ1n) is 7.91. The second kappa shape index (κ2) is 7.48. The van der Waals surface area contributed by atoms with Crippen molar-refractivity contribution in [2.24, 2.45) is 11.8 Å². The molecule has 0 aromatic heterocycles. The number of hydrogen-bond acceptors (Lipinski definition) is 3. The molecule has 0 unspecified atom stereocenters. The van der Waals surface area contributed by atoms with E-state index in [9.17, 15) is 5.11 Å². The van der Waals surface area contributed by atoms with Gasteiger partial charge in [0.05, 0.1) is 6.10 Å². The molecule has 0 spiro atoms. The molecule has 118 valence electrons. The SMILES string of the molecule is CCCc1ccccc1O[C@@H]1C[C@@H]2CNC[C@@H]2C[C@H]1O.Cl. The Labute approximate surface area is 133 Å². The number of aliphatic hydroxyl groups excluding tert-OH is 1. The Kier molecular flexibility index (Phi) is 5.91. The van der Waals surface area contributed by atoms with Gasteiger partial charge in [0.2, 0.25) is 0 Å². The maximum absolute atomic E-state index is 10.3. The molecule has 1 saturated carbocycles. The van der Waals surface area contributed by atoms with Gasteiger partial charge in [0.25, 0.3) is 0 Å². The fraction of sp³-hybridized carbons (Fsp3) is 0.647. The van der Waals surface area contributed by atoms with Crippen molar-refractivity contribution in [3.63, 3.8) is 0 Å². The molecule has 1 aromatic rings. The zero-order valence-corrected chi connectivity index (χ0v) is 13.4. The van der Waals surface area contributed by atoms with Crippen molar-refractivity contribution in [1.82, 2.24) is 5.32 Å². The quantitative estimate of drug-likeness (QED) is 0.898. The van der Waals surface area contributed by atoms with Gasteiger partial charge in [-0.25, -0.2) is 0 Å². The van der Waals surface area contributed by atoms with E-state index < -0.39 is 0 Å².